The first-order valence-corrected chi connectivity index (χ1v) is 11.2. The quantitative estimate of drug-likeness (QED) is 0.274. The molecule has 0 spiro atoms. The predicted octanol–water partition coefficient (Wildman–Crippen LogP) is 2.76. The number of nitrogens with one attached hydrogen (secondary N) is 3. The van der Waals surface area contributed by atoms with E-state index in [9.17, 15) is 8.42 Å². The van der Waals surface area contributed by atoms with E-state index >= 15 is 0 Å². The van der Waals surface area contributed by atoms with E-state index in [4.69, 9.17) is 0 Å². The zero-order valence-electron chi connectivity index (χ0n) is 16.5. The van der Waals surface area contributed by atoms with E-state index in [1.807, 2.05) is 51.2 Å². The monoisotopic (exact) mass is 537 g/mol. The molecule has 2 rings (SSSR count). The molecule has 1 heterocycles. The summed E-state index contributed by atoms with van der Waals surface area (Å²) in [7, 11) is -1.68. The summed E-state index contributed by atoms with van der Waals surface area (Å²) >= 11 is 1.64. The average molecular weight is 537 g/mol. The number of aliphatic imine (C=N–C) groups is 1. The molecule has 0 saturated carbocycles. The number of halogens is 1. The Morgan fingerprint density at radius 1 is 1.18 bits per heavy atom. The number of hydrogen-bond donors (Lipinski definition) is 3. The molecule has 0 aliphatic carbocycles. The van der Waals surface area contributed by atoms with Gasteiger partial charge in [-0.2, -0.15) is 0 Å². The van der Waals surface area contributed by atoms with Gasteiger partial charge in [0.05, 0.1) is 12.3 Å². The number of rotatable bonds is 8. The Morgan fingerprint density at radius 3 is 2.39 bits per heavy atom. The lowest BCUT2D eigenvalue weighted by molar-refractivity contribution is 0.568. The molecule has 10 heteroatoms. The summed E-state index contributed by atoms with van der Waals surface area (Å²) < 4.78 is 27.1. The van der Waals surface area contributed by atoms with Crippen LogP contribution in [0.2, 0.25) is 0 Å². The summed E-state index contributed by atoms with van der Waals surface area (Å²) in [6.07, 6.45) is 1.85. The summed E-state index contributed by atoms with van der Waals surface area (Å²) in [5.74, 6) is 0.591. The van der Waals surface area contributed by atoms with Gasteiger partial charge in [-0.05, 0) is 31.9 Å². The fourth-order valence-corrected chi connectivity index (χ4v) is 4.74. The van der Waals surface area contributed by atoms with Gasteiger partial charge in [0.2, 0.25) is 10.0 Å². The molecule has 0 saturated heterocycles. The van der Waals surface area contributed by atoms with Gasteiger partial charge in [-0.1, -0.05) is 24.3 Å². The standard InChI is InChI=1S/C18H27N5O2S2.HI/c1-13(2)23-27(24,25)12-16-8-6-5-7-15(16)10-21-18(19-4)22-11-17-20-9-14(3)26-17;/h5-9,13,23H,10-12H2,1-4H3,(H2,19,21,22);1H. The molecule has 3 N–H and O–H groups in total. The lowest BCUT2D eigenvalue weighted by Crippen LogP contribution is -2.36. The Morgan fingerprint density at radius 2 is 1.82 bits per heavy atom. The predicted molar refractivity (Wildman–Crippen MR) is 127 cm³/mol. The smallest absolute Gasteiger partial charge is 0.216 e. The maximum atomic E-state index is 12.2. The SMILES string of the molecule is CN=C(NCc1ncc(C)s1)NCc1ccccc1CS(=O)(=O)NC(C)C.I. The van der Waals surface area contributed by atoms with Crippen molar-refractivity contribution in [3.63, 3.8) is 0 Å². The maximum Gasteiger partial charge on any atom is 0.216 e. The molecule has 0 radical (unpaired) electrons. The number of sulfonamides is 1. The van der Waals surface area contributed by atoms with Crippen LogP contribution >= 0.6 is 35.3 Å². The average Bonchev–Trinajstić information content (AvgIpc) is 3.00. The second kappa shape index (κ2) is 11.7. The third-order valence-corrected chi connectivity index (χ3v) is 6.06. The first-order valence-electron chi connectivity index (χ1n) is 8.71. The van der Waals surface area contributed by atoms with Gasteiger partial charge in [0.25, 0.3) is 0 Å². The van der Waals surface area contributed by atoms with Crippen LogP contribution < -0.4 is 15.4 Å². The van der Waals surface area contributed by atoms with Gasteiger partial charge >= 0.3 is 0 Å². The molecule has 0 fully saturated rings. The van der Waals surface area contributed by atoms with Gasteiger partial charge in [-0.15, -0.1) is 35.3 Å². The summed E-state index contributed by atoms with van der Waals surface area (Å²) in [5, 5.41) is 7.44. The summed E-state index contributed by atoms with van der Waals surface area (Å²) in [5.41, 5.74) is 1.68. The number of aromatic nitrogens is 1. The van der Waals surface area contributed by atoms with Gasteiger partial charge < -0.3 is 10.6 Å². The zero-order chi connectivity index (χ0) is 19.9. The number of hydrogen-bond acceptors (Lipinski definition) is 5. The number of aryl methyl sites for hydroxylation is 1. The van der Waals surface area contributed by atoms with Gasteiger partial charge in [0, 0.05) is 30.7 Å². The zero-order valence-corrected chi connectivity index (χ0v) is 20.5. The van der Waals surface area contributed by atoms with Gasteiger partial charge in [0.1, 0.15) is 5.01 Å². The molecule has 0 unspecified atom stereocenters. The molecule has 1 aromatic heterocycles. The van der Waals surface area contributed by atoms with Crippen LogP contribution in [0, 0.1) is 6.92 Å². The van der Waals surface area contributed by atoms with Crippen LogP contribution in [0.25, 0.3) is 0 Å². The van der Waals surface area contributed by atoms with E-state index in [0.29, 0.717) is 19.0 Å². The molecule has 28 heavy (non-hydrogen) atoms. The molecule has 0 atom stereocenters. The molecule has 7 nitrogen and oxygen atoms in total. The fraction of sp³-hybridized carbons (Fsp3) is 0.444. The van der Waals surface area contributed by atoms with Crippen LogP contribution in [0.15, 0.2) is 35.5 Å². The third-order valence-electron chi connectivity index (χ3n) is 3.63. The van der Waals surface area contributed by atoms with E-state index in [0.717, 1.165) is 16.1 Å². The third kappa shape index (κ3) is 8.41. The van der Waals surface area contributed by atoms with Crippen LogP contribution in [-0.4, -0.2) is 32.5 Å². The normalized spacial score (nSPS) is 12.0. The van der Waals surface area contributed by atoms with Crippen LogP contribution in [-0.2, 0) is 28.9 Å². The number of nitrogens with zero attached hydrogens (tertiary/aromatic N) is 2. The molecule has 2 aromatic rings. The minimum absolute atomic E-state index is 0. The molecule has 0 bridgehead atoms. The van der Waals surface area contributed by atoms with Crippen molar-refractivity contribution in [1.82, 2.24) is 20.3 Å². The van der Waals surface area contributed by atoms with Crippen LogP contribution in [0.3, 0.4) is 0 Å². The Kier molecular flexibility index (Phi) is 10.4. The first-order chi connectivity index (χ1) is 12.8. The van der Waals surface area contributed by atoms with E-state index in [-0.39, 0.29) is 35.8 Å². The summed E-state index contributed by atoms with van der Waals surface area (Å²) in [4.78, 5) is 9.69. The topological polar surface area (TPSA) is 95.5 Å². The van der Waals surface area contributed by atoms with Crippen molar-refractivity contribution in [2.45, 2.75) is 45.7 Å². The lowest BCUT2D eigenvalue weighted by atomic mass is 10.1. The number of benzene rings is 1. The van der Waals surface area contributed by atoms with Crippen LogP contribution in [0.5, 0.6) is 0 Å². The van der Waals surface area contributed by atoms with Crippen LogP contribution in [0.1, 0.15) is 34.9 Å². The first kappa shape index (κ1) is 24.8. The summed E-state index contributed by atoms with van der Waals surface area (Å²) in [6, 6.07) is 7.38. The Balaban J connectivity index is 0.00000392. The van der Waals surface area contributed by atoms with Gasteiger partial charge in [-0.25, -0.2) is 18.1 Å². The molecule has 1 aromatic carbocycles. The van der Waals surface area contributed by atoms with E-state index in [1.165, 1.54) is 4.88 Å². The molecular formula is C18H28IN5O2S2. The van der Waals surface area contributed by atoms with Crippen LogP contribution in [0.4, 0.5) is 0 Å². The Hall–Kier alpha value is -1.24. The second-order valence-corrected chi connectivity index (χ2v) is 9.52. The highest BCUT2D eigenvalue weighted by molar-refractivity contribution is 14.0. The molecule has 0 aliphatic heterocycles. The van der Waals surface area contributed by atoms with Crippen molar-refractivity contribution in [3.05, 3.63) is 51.5 Å². The van der Waals surface area contributed by atoms with Crippen molar-refractivity contribution in [2.75, 3.05) is 7.05 Å². The highest BCUT2D eigenvalue weighted by atomic mass is 127. The highest BCUT2D eigenvalue weighted by Gasteiger charge is 2.15. The fourth-order valence-electron chi connectivity index (χ4n) is 2.52. The maximum absolute atomic E-state index is 12.2. The molecule has 0 aliphatic rings. The van der Waals surface area contributed by atoms with E-state index < -0.39 is 10.0 Å². The van der Waals surface area contributed by atoms with Crippen molar-refractivity contribution in [2.24, 2.45) is 4.99 Å². The van der Waals surface area contributed by atoms with Crippen molar-refractivity contribution >= 4 is 51.3 Å². The van der Waals surface area contributed by atoms with Crippen molar-refractivity contribution in [1.29, 1.82) is 0 Å². The van der Waals surface area contributed by atoms with Gasteiger partial charge in [-0.3, -0.25) is 4.99 Å². The lowest BCUT2D eigenvalue weighted by Gasteiger charge is -2.15. The Labute approximate surface area is 188 Å². The van der Waals surface area contributed by atoms with E-state index in [1.54, 1.807) is 18.4 Å². The van der Waals surface area contributed by atoms with Crippen molar-refractivity contribution < 1.29 is 8.42 Å². The Bertz CT molecular complexity index is 882. The van der Waals surface area contributed by atoms with E-state index in [2.05, 4.69) is 25.3 Å². The molecule has 156 valence electrons. The highest BCUT2D eigenvalue weighted by Crippen LogP contribution is 2.13. The number of thiazole rings is 1. The minimum Gasteiger partial charge on any atom is -0.352 e. The summed E-state index contributed by atoms with van der Waals surface area (Å²) in [6.45, 7) is 6.71. The molecular weight excluding hydrogens is 509 g/mol. The molecule has 0 amide bonds. The van der Waals surface area contributed by atoms with Crippen molar-refractivity contribution in [3.8, 4) is 0 Å². The second-order valence-electron chi connectivity index (χ2n) is 6.44. The largest absolute Gasteiger partial charge is 0.352 e. The minimum atomic E-state index is -3.37. The number of guanidine groups is 1. The van der Waals surface area contributed by atoms with Gasteiger partial charge in [0.15, 0.2) is 5.96 Å².